The number of hydrogen-bond acceptors (Lipinski definition) is 9. The average molecular weight is 716 g/mol. The van der Waals surface area contributed by atoms with Crippen LogP contribution in [-0.2, 0) is 29.3 Å². The molecular weight excluding hydrogens is 669 g/mol. The van der Waals surface area contributed by atoms with Crippen molar-refractivity contribution in [2.75, 3.05) is 26.7 Å². The first kappa shape index (κ1) is 38.5. The molecule has 3 atom stereocenters. The molecule has 1 aliphatic rings. The molecule has 0 radical (unpaired) electrons. The van der Waals surface area contributed by atoms with Crippen molar-refractivity contribution in [2.24, 2.45) is 5.92 Å². The SMILES string of the molecule is COc1ccc2cc1OCc1cn(nn1)CCCN(Cc1ccc(F)cc1Cl)CCCCNC(=O)[C@H]([C@@H](C)O)NC(=O)[C@@H](CC(C)C)NC2=O. The Balaban J connectivity index is 1.57. The highest BCUT2D eigenvalue weighted by molar-refractivity contribution is 6.31. The van der Waals surface area contributed by atoms with E-state index in [4.69, 9.17) is 21.1 Å². The number of fused-ring (bicyclic) bond motifs is 4. The van der Waals surface area contributed by atoms with E-state index in [-0.39, 0.29) is 18.1 Å². The zero-order chi connectivity index (χ0) is 36.2. The van der Waals surface area contributed by atoms with Crippen molar-refractivity contribution in [3.05, 3.63) is 70.3 Å². The Morgan fingerprint density at radius 3 is 2.54 bits per heavy atom. The Morgan fingerprint density at radius 1 is 1.04 bits per heavy atom. The first-order chi connectivity index (χ1) is 23.9. The molecule has 0 saturated carbocycles. The number of nitrogens with one attached hydrogen (secondary N) is 3. The van der Waals surface area contributed by atoms with E-state index in [1.165, 1.54) is 32.2 Å². The lowest BCUT2D eigenvalue weighted by Crippen LogP contribution is -2.57. The van der Waals surface area contributed by atoms with Crippen LogP contribution in [0.5, 0.6) is 11.5 Å². The number of rotatable bonds is 6. The van der Waals surface area contributed by atoms with E-state index in [2.05, 4.69) is 31.2 Å². The van der Waals surface area contributed by atoms with E-state index in [9.17, 15) is 23.9 Å². The minimum absolute atomic E-state index is 0.0264. The molecule has 15 heteroatoms. The number of amides is 3. The second-order valence-corrected chi connectivity index (χ2v) is 13.3. The normalized spacial score (nSPS) is 19.8. The van der Waals surface area contributed by atoms with Gasteiger partial charge in [0.25, 0.3) is 5.91 Å². The molecule has 2 aromatic carbocycles. The molecule has 2 heterocycles. The van der Waals surface area contributed by atoms with Gasteiger partial charge in [0.05, 0.1) is 19.4 Å². The van der Waals surface area contributed by atoms with Gasteiger partial charge in [0.15, 0.2) is 11.5 Å². The largest absolute Gasteiger partial charge is 0.493 e. The van der Waals surface area contributed by atoms with Crippen molar-refractivity contribution < 1.29 is 33.4 Å². The van der Waals surface area contributed by atoms with Gasteiger partial charge < -0.3 is 30.5 Å². The van der Waals surface area contributed by atoms with Crippen LogP contribution >= 0.6 is 11.6 Å². The average Bonchev–Trinajstić information content (AvgIpc) is 3.53. The van der Waals surface area contributed by atoms with Gasteiger partial charge in [-0.3, -0.25) is 24.0 Å². The first-order valence-electron chi connectivity index (χ1n) is 16.9. The van der Waals surface area contributed by atoms with E-state index in [1.807, 2.05) is 13.8 Å². The third-order valence-corrected chi connectivity index (χ3v) is 8.60. The van der Waals surface area contributed by atoms with Crippen molar-refractivity contribution in [3.8, 4) is 11.5 Å². The molecule has 0 aliphatic carbocycles. The summed E-state index contributed by atoms with van der Waals surface area (Å²) < 4.78 is 26.9. The summed E-state index contributed by atoms with van der Waals surface area (Å²) in [5.74, 6) is -1.32. The molecule has 4 bridgehead atoms. The van der Waals surface area contributed by atoms with Crippen LogP contribution in [0, 0.1) is 11.7 Å². The van der Waals surface area contributed by atoms with Crippen LogP contribution in [0.25, 0.3) is 0 Å². The number of aliphatic hydroxyl groups is 1. The lowest BCUT2D eigenvalue weighted by molar-refractivity contribution is -0.132. The fourth-order valence-electron chi connectivity index (χ4n) is 5.60. The van der Waals surface area contributed by atoms with Crippen LogP contribution < -0.4 is 25.4 Å². The number of hydrogen-bond donors (Lipinski definition) is 4. The van der Waals surface area contributed by atoms with Gasteiger partial charge >= 0.3 is 0 Å². The van der Waals surface area contributed by atoms with Crippen molar-refractivity contribution in [1.82, 2.24) is 35.8 Å². The molecule has 1 aliphatic heterocycles. The molecule has 4 N–H and O–H groups in total. The minimum Gasteiger partial charge on any atom is -0.493 e. The summed E-state index contributed by atoms with van der Waals surface area (Å²) >= 11 is 6.35. The molecule has 0 spiro atoms. The van der Waals surface area contributed by atoms with E-state index in [0.29, 0.717) is 67.8 Å². The number of carbonyl (C=O) groups is 3. The van der Waals surface area contributed by atoms with Gasteiger partial charge in [0.1, 0.15) is 30.2 Å². The maximum absolute atomic E-state index is 13.7. The summed E-state index contributed by atoms with van der Waals surface area (Å²) in [6, 6.07) is 6.84. The molecule has 3 amide bonds. The first-order valence-corrected chi connectivity index (χ1v) is 17.2. The molecule has 3 aromatic rings. The predicted molar refractivity (Wildman–Crippen MR) is 185 cm³/mol. The molecule has 0 saturated heterocycles. The summed E-state index contributed by atoms with van der Waals surface area (Å²) in [6.45, 7) is 8.08. The number of benzene rings is 2. The van der Waals surface area contributed by atoms with Gasteiger partial charge in [-0.1, -0.05) is 36.7 Å². The number of aromatic nitrogens is 3. The number of nitrogens with zero attached hydrogens (tertiary/aromatic N) is 4. The van der Waals surface area contributed by atoms with Crippen LogP contribution in [0.1, 0.15) is 68.1 Å². The third kappa shape index (κ3) is 11.4. The molecule has 50 heavy (non-hydrogen) atoms. The van der Waals surface area contributed by atoms with E-state index in [1.54, 1.807) is 29.1 Å². The van der Waals surface area contributed by atoms with Crippen LogP contribution in [0.3, 0.4) is 0 Å². The van der Waals surface area contributed by atoms with Gasteiger partial charge in [-0.15, -0.1) is 5.10 Å². The van der Waals surface area contributed by atoms with Gasteiger partial charge in [-0.05, 0) is 81.0 Å². The fraction of sp³-hybridized carbons (Fsp3) is 0.514. The molecule has 0 fully saturated rings. The van der Waals surface area contributed by atoms with Crippen molar-refractivity contribution in [3.63, 3.8) is 0 Å². The van der Waals surface area contributed by atoms with Gasteiger partial charge in [-0.25, -0.2) is 4.39 Å². The minimum atomic E-state index is -1.23. The smallest absolute Gasteiger partial charge is 0.252 e. The van der Waals surface area contributed by atoms with Crippen LogP contribution in [0.15, 0.2) is 42.6 Å². The van der Waals surface area contributed by atoms with Crippen molar-refractivity contribution >= 4 is 29.3 Å². The Kier molecular flexibility index (Phi) is 14.4. The summed E-state index contributed by atoms with van der Waals surface area (Å²) in [5, 5.41) is 27.5. The highest BCUT2D eigenvalue weighted by Crippen LogP contribution is 2.29. The third-order valence-electron chi connectivity index (χ3n) is 8.25. The Bertz CT molecular complexity index is 1600. The topological polar surface area (TPSA) is 160 Å². The summed E-state index contributed by atoms with van der Waals surface area (Å²) in [4.78, 5) is 42.2. The highest BCUT2D eigenvalue weighted by atomic mass is 35.5. The molecule has 0 unspecified atom stereocenters. The molecular formula is C35H47ClFN7O6. The molecule has 272 valence electrons. The molecule has 13 nitrogen and oxygen atoms in total. The number of methoxy groups -OCH3 is 1. The van der Waals surface area contributed by atoms with Gasteiger partial charge in [0.2, 0.25) is 11.8 Å². The number of aryl methyl sites for hydroxylation is 1. The standard InChI is InChI=1S/C35H47ClFN7O6/c1-22(2)16-29-34(47)40-32(23(3)45)35(48)38-12-5-6-13-43(19-25-8-10-26(37)18-28(25)36)14-7-15-44-20-27(41-42-44)21-50-31-17-24(33(46)39-29)9-11-30(31)49-4/h8-11,17-18,20,22-23,29,32,45H,5-7,12-16,19,21H2,1-4H3,(H,38,48)(H,39,46)(H,40,47)/t23-,29-,32+/m1/s1. The van der Waals surface area contributed by atoms with Gasteiger partial charge in [-0.2, -0.15) is 0 Å². The summed E-state index contributed by atoms with van der Waals surface area (Å²) in [5.41, 5.74) is 1.61. The second kappa shape index (κ2) is 18.6. The number of halogens is 2. The zero-order valence-electron chi connectivity index (χ0n) is 29.0. The number of aliphatic hydroxyl groups excluding tert-OH is 1. The number of carbonyl (C=O) groups excluding carboxylic acids is 3. The number of ether oxygens (including phenoxy) is 2. The van der Waals surface area contributed by atoms with Crippen LogP contribution in [0.2, 0.25) is 5.02 Å². The van der Waals surface area contributed by atoms with Crippen LogP contribution in [-0.4, -0.2) is 87.7 Å². The Hall–Kier alpha value is -4.27. The maximum Gasteiger partial charge on any atom is 0.252 e. The Labute approximate surface area is 296 Å². The summed E-state index contributed by atoms with van der Waals surface area (Å²) in [7, 11) is 1.49. The predicted octanol–water partition coefficient (Wildman–Crippen LogP) is 3.47. The maximum atomic E-state index is 13.7. The molecule has 4 rings (SSSR count). The Morgan fingerprint density at radius 2 is 1.82 bits per heavy atom. The van der Waals surface area contributed by atoms with Gasteiger partial charge in [0, 0.05) is 36.8 Å². The van der Waals surface area contributed by atoms with E-state index in [0.717, 1.165) is 18.4 Å². The van der Waals surface area contributed by atoms with Crippen molar-refractivity contribution in [1.29, 1.82) is 0 Å². The lowest BCUT2D eigenvalue weighted by atomic mass is 10.0. The lowest BCUT2D eigenvalue weighted by Gasteiger charge is -2.26. The second-order valence-electron chi connectivity index (χ2n) is 12.9. The highest BCUT2D eigenvalue weighted by Gasteiger charge is 2.30. The quantitative estimate of drug-likeness (QED) is 0.300. The van der Waals surface area contributed by atoms with Crippen molar-refractivity contribution in [2.45, 2.75) is 84.3 Å². The fourth-order valence-corrected chi connectivity index (χ4v) is 5.83. The monoisotopic (exact) mass is 715 g/mol. The van der Waals surface area contributed by atoms with E-state index < -0.39 is 41.7 Å². The zero-order valence-corrected chi connectivity index (χ0v) is 29.7. The summed E-state index contributed by atoms with van der Waals surface area (Å²) in [6.07, 6.45) is 2.98. The van der Waals surface area contributed by atoms with Crippen LogP contribution in [0.4, 0.5) is 4.39 Å². The van der Waals surface area contributed by atoms with E-state index >= 15 is 0 Å². The molecule has 1 aromatic heterocycles.